The number of hydrogen-bond donors (Lipinski definition) is 3. The van der Waals surface area contributed by atoms with Gasteiger partial charge >= 0.3 is 0 Å². The summed E-state index contributed by atoms with van der Waals surface area (Å²) in [5.41, 5.74) is 4.72. The molecule has 1 heterocycles. The van der Waals surface area contributed by atoms with Gasteiger partial charge in [-0.15, -0.1) is 11.3 Å². The van der Waals surface area contributed by atoms with Gasteiger partial charge in [-0.2, -0.15) is 0 Å². The van der Waals surface area contributed by atoms with Crippen molar-refractivity contribution in [2.45, 2.75) is 5.79 Å². The molecule has 13 heavy (non-hydrogen) atoms. The third kappa shape index (κ3) is 2.56. The molecule has 1 aromatic heterocycles. The van der Waals surface area contributed by atoms with E-state index in [-0.39, 0.29) is 4.88 Å². The molecule has 0 radical (unpaired) electrons. The van der Waals surface area contributed by atoms with Crippen LogP contribution in [0, 0.1) is 11.8 Å². The largest absolute Gasteiger partial charge is 0.359 e. The lowest BCUT2D eigenvalue weighted by Gasteiger charge is -2.11. The van der Waals surface area contributed by atoms with Gasteiger partial charge in [0.25, 0.3) is 11.7 Å². The predicted molar refractivity (Wildman–Crippen MR) is 47.4 cm³/mol. The molecule has 0 aliphatic rings. The first-order chi connectivity index (χ1) is 6.02. The molecule has 5 heteroatoms. The molecule has 1 rings (SSSR count). The summed E-state index contributed by atoms with van der Waals surface area (Å²) in [5.74, 6) is 0.640. The van der Waals surface area contributed by atoms with E-state index in [4.69, 9.17) is 5.73 Å². The number of nitrogens with two attached hydrogens (primary N) is 1. The Morgan fingerprint density at radius 2 is 2.31 bits per heavy atom. The normalized spacial score (nSPS) is 10.3. The van der Waals surface area contributed by atoms with Crippen LogP contribution in [0.15, 0.2) is 17.5 Å². The molecule has 1 amide bonds. The van der Waals surface area contributed by atoms with Crippen LogP contribution in [0.4, 0.5) is 0 Å². The molecule has 1 aromatic rings. The zero-order valence-electron chi connectivity index (χ0n) is 6.52. The van der Waals surface area contributed by atoms with Crippen molar-refractivity contribution in [3.63, 3.8) is 0 Å². The van der Waals surface area contributed by atoms with E-state index in [1.165, 1.54) is 6.07 Å². The molecule has 0 saturated heterocycles. The number of rotatable bonds is 1. The first kappa shape index (κ1) is 9.74. The van der Waals surface area contributed by atoms with Gasteiger partial charge < -0.3 is 15.9 Å². The molecule has 4 nitrogen and oxygen atoms in total. The standard InChI is InChI=1S/C8H7NO3S/c9-7(10)3-4-8(11,12)6-2-1-5-13-6/h1-2,5,11-12H,(H2,9,10). The lowest BCUT2D eigenvalue weighted by atomic mass is 10.2. The van der Waals surface area contributed by atoms with Crippen molar-refractivity contribution in [3.8, 4) is 11.8 Å². The molecule has 0 fully saturated rings. The Hall–Kier alpha value is -1.35. The van der Waals surface area contributed by atoms with Crippen LogP contribution in [-0.2, 0) is 10.6 Å². The quantitative estimate of drug-likeness (QED) is 0.414. The average Bonchev–Trinajstić information content (AvgIpc) is 2.53. The number of amides is 1. The Kier molecular flexibility index (Phi) is 2.68. The van der Waals surface area contributed by atoms with Crippen LogP contribution in [0.3, 0.4) is 0 Å². The van der Waals surface area contributed by atoms with Crippen molar-refractivity contribution in [2.75, 3.05) is 0 Å². The highest BCUT2D eigenvalue weighted by molar-refractivity contribution is 7.10. The highest BCUT2D eigenvalue weighted by atomic mass is 32.1. The van der Waals surface area contributed by atoms with E-state index in [2.05, 4.69) is 0 Å². The highest BCUT2D eigenvalue weighted by Crippen LogP contribution is 2.21. The molecular formula is C8H7NO3S. The fraction of sp³-hybridized carbons (Fsp3) is 0.125. The maximum atomic E-state index is 10.2. The van der Waals surface area contributed by atoms with Crippen LogP contribution in [0.25, 0.3) is 0 Å². The minimum absolute atomic E-state index is 0.251. The van der Waals surface area contributed by atoms with Gasteiger partial charge in [0.15, 0.2) is 0 Å². The van der Waals surface area contributed by atoms with E-state index < -0.39 is 11.7 Å². The first-order valence-corrected chi connectivity index (χ1v) is 4.21. The molecule has 0 unspecified atom stereocenters. The Bertz CT molecular complexity index is 358. The van der Waals surface area contributed by atoms with Crippen molar-refractivity contribution in [1.82, 2.24) is 0 Å². The van der Waals surface area contributed by atoms with Crippen LogP contribution >= 0.6 is 11.3 Å². The fourth-order valence-corrected chi connectivity index (χ4v) is 1.36. The predicted octanol–water partition coefficient (Wildman–Crippen LogP) is -0.626. The third-order valence-electron chi connectivity index (χ3n) is 1.22. The topological polar surface area (TPSA) is 83.6 Å². The lowest BCUT2D eigenvalue weighted by molar-refractivity contribution is -0.116. The average molecular weight is 197 g/mol. The fourth-order valence-electron chi connectivity index (χ4n) is 0.687. The smallest absolute Gasteiger partial charge is 0.293 e. The summed E-state index contributed by atoms with van der Waals surface area (Å²) in [6.07, 6.45) is 0. The molecule has 4 N–H and O–H groups in total. The summed E-state index contributed by atoms with van der Waals surface area (Å²) in [6, 6.07) is 3.15. The Balaban J connectivity index is 2.92. The zero-order chi connectivity index (χ0) is 9.90. The third-order valence-corrected chi connectivity index (χ3v) is 2.19. The number of carbonyl (C=O) groups excluding carboxylic acids is 1. The molecule has 0 aromatic carbocycles. The number of primary amides is 1. The van der Waals surface area contributed by atoms with Crippen molar-refractivity contribution < 1.29 is 15.0 Å². The summed E-state index contributed by atoms with van der Waals surface area (Å²) in [7, 11) is 0. The van der Waals surface area contributed by atoms with Gasteiger partial charge in [0, 0.05) is 5.92 Å². The molecule has 68 valence electrons. The van der Waals surface area contributed by atoms with Gasteiger partial charge in [0.05, 0.1) is 4.88 Å². The Morgan fingerprint density at radius 1 is 1.62 bits per heavy atom. The molecule has 0 saturated carbocycles. The van der Waals surface area contributed by atoms with Gasteiger partial charge in [-0.1, -0.05) is 6.07 Å². The number of carbonyl (C=O) groups is 1. The highest BCUT2D eigenvalue weighted by Gasteiger charge is 2.23. The van der Waals surface area contributed by atoms with Crippen molar-refractivity contribution in [3.05, 3.63) is 22.4 Å². The van der Waals surface area contributed by atoms with Crippen LogP contribution in [-0.4, -0.2) is 16.1 Å². The van der Waals surface area contributed by atoms with Crippen molar-refractivity contribution in [1.29, 1.82) is 0 Å². The minimum atomic E-state index is -2.29. The summed E-state index contributed by atoms with van der Waals surface area (Å²) >= 11 is 1.13. The SMILES string of the molecule is NC(=O)C#CC(O)(O)c1cccs1. The monoisotopic (exact) mass is 197 g/mol. The molecule has 0 atom stereocenters. The van der Waals surface area contributed by atoms with Gasteiger partial charge in [-0.25, -0.2) is 0 Å². The van der Waals surface area contributed by atoms with E-state index in [1.807, 2.05) is 11.8 Å². The Labute approximate surface area is 78.6 Å². The van der Waals surface area contributed by atoms with Gasteiger partial charge in [0.2, 0.25) is 0 Å². The second-order valence-electron chi connectivity index (χ2n) is 2.26. The summed E-state index contributed by atoms with van der Waals surface area (Å²) in [6.45, 7) is 0. The minimum Gasteiger partial charge on any atom is -0.359 e. The maximum absolute atomic E-state index is 10.2. The van der Waals surface area contributed by atoms with Gasteiger partial charge in [0.1, 0.15) is 0 Å². The van der Waals surface area contributed by atoms with E-state index in [9.17, 15) is 15.0 Å². The van der Waals surface area contributed by atoms with Crippen LogP contribution in [0.1, 0.15) is 4.88 Å². The maximum Gasteiger partial charge on any atom is 0.293 e. The van der Waals surface area contributed by atoms with Crippen molar-refractivity contribution >= 4 is 17.2 Å². The number of thiophene rings is 1. The second-order valence-corrected chi connectivity index (χ2v) is 3.21. The van der Waals surface area contributed by atoms with Gasteiger partial charge in [-0.05, 0) is 17.4 Å². The summed E-state index contributed by atoms with van der Waals surface area (Å²) in [4.78, 5) is 10.5. The van der Waals surface area contributed by atoms with E-state index >= 15 is 0 Å². The molecule has 0 spiro atoms. The van der Waals surface area contributed by atoms with Crippen LogP contribution < -0.4 is 5.73 Å². The second kappa shape index (κ2) is 3.58. The van der Waals surface area contributed by atoms with E-state index in [0.717, 1.165) is 11.3 Å². The summed E-state index contributed by atoms with van der Waals surface area (Å²) in [5, 5.41) is 20.3. The van der Waals surface area contributed by atoms with Gasteiger partial charge in [-0.3, -0.25) is 4.79 Å². The van der Waals surface area contributed by atoms with E-state index in [1.54, 1.807) is 11.4 Å². The Morgan fingerprint density at radius 3 is 2.77 bits per heavy atom. The molecular weight excluding hydrogens is 190 g/mol. The number of hydrogen-bond acceptors (Lipinski definition) is 4. The summed E-state index contributed by atoms with van der Waals surface area (Å²) < 4.78 is 0. The van der Waals surface area contributed by atoms with Crippen molar-refractivity contribution in [2.24, 2.45) is 5.73 Å². The van der Waals surface area contributed by atoms with Crippen LogP contribution in [0.5, 0.6) is 0 Å². The zero-order valence-corrected chi connectivity index (χ0v) is 7.34. The molecule has 0 bridgehead atoms. The first-order valence-electron chi connectivity index (χ1n) is 3.34. The lowest BCUT2D eigenvalue weighted by Crippen LogP contribution is -2.22. The van der Waals surface area contributed by atoms with E-state index in [0.29, 0.717) is 0 Å². The van der Waals surface area contributed by atoms with Crippen LogP contribution in [0.2, 0.25) is 0 Å². The number of aliphatic hydroxyl groups is 2. The molecule has 0 aliphatic carbocycles. The molecule has 0 aliphatic heterocycles.